The molecule has 0 aliphatic heterocycles. The molecule has 2 rings (SSSR count). The molecule has 0 saturated heterocycles. The van der Waals surface area contributed by atoms with Crippen molar-refractivity contribution < 1.29 is 5.11 Å². The molecule has 1 N–H and O–H groups in total. The predicted molar refractivity (Wildman–Crippen MR) is 82.8 cm³/mol. The summed E-state index contributed by atoms with van der Waals surface area (Å²) < 4.78 is 0. The third-order valence-corrected chi connectivity index (χ3v) is 4.64. The highest BCUT2D eigenvalue weighted by Gasteiger charge is 2.18. The SMILES string of the molecule is CCC(O)c1ccccc1N(C)C(C)c1cccs1. The minimum Gasteiger partial charge on any atom is -0.388 e. The van der Waals surface area contributed by atoms with E-state index >= 15 is 0 Å². The summed E-state index contributed by atoms with van der Waals surface area (Å²) in [4.78, 5) is 3.57. The van der Waals surface area contributed by atoms with Gasteiger partial charge in [-0.1, -0.05) is 31.2 Å². The third-order valence-electron chi connectivity index (χ3n) is 3.60. The summed E-state index contributed by atoms with van der Waals surface area (Å²) in [6.45, 7) is 4.20. The van der Waals surface area contributed by atoms with Gasteiger partial charge < -0.3 is 10.0 Å². The predicted octanol–water partition coefficient (Wildman–Crippen LogP) is 4.39. The Kier molecular flexibility index (Phi) is 4.61. The van der Waals surface area contributed by atoms with Gasteiger partial charge in [-0.25, -0.2) is 0 Å². The standard InChI is InChI=1S/C16H21NOS/c1-4-15(18)13-8-5-6-9-14(13)17(3)12(2)16-10-7-11-19-16/h5-12,15,18H,4H2,1-3H3. The van der Waals surface area contributed by atoms with E-state index in [0.29, 0.717) is 6.04 Å². The van der Waals surface area contributed by atoms with Gasteiger partial charge in [0.2, 0.25) is 0 Å². The Labute approximate surface area is 119 Å². The number of thiophene rings is 1. The molecular formula is C16H21NOS. The molecular weight excluding hydrogens is 254 g/mol. The van der Waals surface area contributed by atoms with Crippen LogP contribution in [-0.4, -0.2) is 12.2 Å². The van der Waals surface area contributed by atoms with E-state index in [4.69, 9.17) is 0 Å². The Morgan fingerprint density at radius 1 is 1.21 bits per heavy atom. The van der Waals surface area contributed by atoms with E-state index in [2.05, 4.69) is 42.5 Å². The topological polar surface area (TPSA) is 23.5 Å². The largest absolute Gasteiger partial charge is 0.388 e. The first-order valence-electron chi connectivity index (χ1n) is 6.68. The van der Waals surface area contributed by atoms with Gasteiger partial charge in [0, 0.05) is 23.2 Å². The minimum atomic E-state index is -0.394. The minimum absolute atomic E-state index is 0.310. The Balaban J connectivity index is 2.31. The lowest BCUT2D eigenvalue weighted by atomic mass is 10.0. The van der Waals surface area contributed by atoms with Crippen LogP contribution in [0.25, 0.3) is 0 Å². The van der Waals surface area contributed by atoms with Crippen molar-refractivity contribution in [1.82, 2.24) is 0 Å². The highest BCUT2D eigenvalue weighted by atomic mass is 32.1. The molecule has 0 aliphatic carbocycles. The number of hydrogen-bond acceptors (Lipinski definition) is 3. The maximum Gasteiger partial charge on any atom is 0.0807 e. The summed E-state index contributed by atoms with van der Waals surface area (Å²) in [7, 11) is 2.09. The number of para-hydroxylation sites is 1. The molecule has 0 fully saturated rings. The van der Waals surface area contributed by atoms with Crippen molar-refractivity contribution in [2.75, 3.05) is 11.9 Å². The third kappa shape index (κ3) is 2.99. The fraction of sp³-hybridized carbons (Fsp3) is 0.375. The summed E-state index contributed by atoms with van der Waals surface area (Å²) in [5.41, 5.74) is 2.12. The van der Waals surface area contributed by atoms with Crippen LogP contribution in [-0.2, 0) is 0 Å². The molecule has 1 aromatic carbocycles. The number of anilines is 1. The normalized spacial score (nSPS) is 14.1. The Morgan fingerprint density at radius 3 is 2.58 bits per heavy atom. The summed E-state index contributed by atoms with van der Waals surface area (Å²) in [6, 6.07) is 12.7. The number of aliphatic hydroxyl groups excluding tert-OH is 1. The first-order chi connectivity index (χ1) is 9.15. The molecule has 0 bridgehead atoms. The molecule has 1 aromatic heterocycles. The maximum atomic E-state index is 10.1. The van der Waals surface area contributed by atoms with Crippen LogP contribution in [0.2, 0.25) is 0 Å². The van der Waals surface area contributed by atoms with Crippen LogP contribution in [0.15, 0.2) is 41.8 Å². The first-order valence-corrected chi connectivity index (χ1v) is 7.56. The molecule has 102 valence electrons. The van der Waals surface area contributed by atoms with Crippen LogP contribution >= 0.6 is 11.3 Å². The van der Waals surface area contributed by atoms with Crippen molar-refractivity contribution in [3.05, 3.63) is 52.2 Å². The molecule has 3 heteroatoms. The zero-order valence-electron chi connectivity index (χ0n) is 11.7. The van der Waals surface area contributed by atoms with Gasteiger partial charge in [0.25, 0.3) is 0 Å². The van der Waals surface area contributed by atoms with Crippen molar-refractivity contribution in [1.29, 1.82) is 0 Å². The molecule has 0 saturated carbocycles. The van der Waals surface area contributed by atoms with E-state index in [9.17, 15) is 5.11 Å². The molecule has 2 atom stereocenters. The number of aliphatic hydroxyl groups is 1. The van der Waals surface area contributed by atoms with E-state index in [1.807, 2.05) is 25.1 Å². The van der Waals surface area contributed by atoms with Crippen molar-refractivity contribution in [2.45, 2.75) is 32.4 Å². The second kappa shape index (κ2) is 6.22. The van der Waals surface area contributed by atoms with E-state index < -0.39 is 6.10 Å². The average molecular weight is 275 g/mol. The summed E-state index contributed by atoms with van der Waals surface area (Å²) in [5, 5.41) is 12.3. The van der Waals surface area contributed by atoms with Crippen LogP contribution in [0.5, 0.6) is 0 Å². The van der Waals surface area contributed by atoms with Crippen LogP contribution in [0.1, 0.15) is 42.9 Å². The number of nitrogens with zero attached hydrogens (tertiary/aromatic N) is 1. The highest BCUT2D eigenvalue weighted by Crippen LogP contribution is 2.33. The molecule has 2 aromatic rings. The maximum absolute atomic E-state index is 10.1. The Morgan fingerprint density at radius 2 is 1.95 bits per heavy atom. The van der Waals surface area contributed by atoms with Crippen molar-refractivity contribution >= 4 is 17.0 Å². The molecule has 0 aliphatic rings. The zero-order valence-corrected chi connectivity index (χ0v) is 12.5. The van der Waals surface area contributed by atoms with Crippen molar-refractivity contribution in [2.24, 2.45) is 0 Å². The number of benzene rings is 1. The van der Waals surface area contributed by atoms with Gasteiger partial charge in [0.1, 0.15) is 0 Å². The molecule has 19 heavy (non-hydrogen) atoms. The van der Waals surface area contributed by atoms with Gasteiger partial charge in [-0.15, -0.1) is 11.3 Å². The zero-order chi connectivity index (χ0) is 13.8. The van der Waals surface area contributed by atoms with Crippen LogP contribution in [0.4, 0.5) is 5.69 Å². The lowest BCUT2D eigenvalue weighted by Crippen LogP contribution is -2.22. The van der Waals surface area contributed by atoms with E-state index in [1.165, 1.54) is 4.88 Å². The smallest absolute Gasteiger partial charge is 0.0807 e. The summed E-state index contributed by atoms with van der Waals surface area (Å²) in [6.07, 6.45) is 0.340. The lowest BCUT2D eigenvalue weighted by Gasteiger charge is -2.29. The summed E-state index contributed by atoms with van der Waals surface area (Å²) in [5.74, 6) is 0. The van der Waals surface area contributed by atoms with Gasteiger partial charge in [0.05, 0.1) is 12.1 Å². The number of hydrogen-bond donors (Lipinski definition) is 1. The molecule has 2 nitrogen and oxygen atoms in total. The van der Waals surface area contributed by atoms with Gasteiger partial charge in [-0.2, -0.15) is 0 Å². The Bertz CT molecular complexity index is 509. The van der Waals surface area contributed by atoms with Gasteiger partial charge in [-0.05, 0) is 30.9 Å². The van der Waals surface area contributed by atoms with E-state index in [0.717, 1.165) is 17.7 Å². The molecule has 2 unspecified atom stereocenters. The fourth-order valence-corrected chi connectivity index (χ4v) is 3.07. The van der Waals surface area contributed by atoms with Crippen LogP contribution in [0, 0.1) is 0 Å². The van der Waals surface area contributed by atoms with Gasteiger partial charge >= 0.3 is 0 Å². The highest BCUT2D eigenvalue weighted by molar-refractivity contribution is 7.10. The van der Waals surface area contributed by atoms with Crippen molar-refractivity contribution in [3.8, 4) is 0 Å². The molecule has 1 heterocycles. The second-order valence-electron chi connectivity index (χ2n) is 4.79. The van der Waals surface area contributed by atoms with Crippen LogP contribution in [0.3, 0.4) is 0 Å². The molecule has 0 radical (unpaired) electrons. The molecule has 0 amide bonds. The van der Waals surface area contributed by atoms with Crippen LogP contribution < -0.4 is 4.90 Å². The Hall–Kier alpha value is -1.32. The first kappa shape index (κ1) is 14.1. The van der Waals surface area contributed by atoms with E-state index in [-0.39, 0.29) is 0 Å². The quantitative estimate of drug-likeness (QED) is 0.875. The van der Waals surface area contributed by atoms with Gasteiger partial charge in [0.15, 0.2) is 0 Å². The van der Waals surface area contributed by atoms with E-state index in [1.54, 1.807) is 11.3 Å². The van der Waals surface area contributed by atoms with Gasteiger partial charge in [-0.3, -0.25) is 0 Å². The average Bonchev–Trinajstić information content (AvgIpc) is 2.99. The summed E-state index contributed by atoms with van der Waals surface area (Å²) >= 11 is 1.77. The fourth-order valence-electron chi connectivity index (χ4n) is 2.24. The monoisotopic (exact) mass is 275 g/mol. The van der Waals surface area contributed by atoms with Crippen molar-refractivity contribution in [3.63, 3.8) is 0 Å². The second-order valence-corrected chi connectivity index (χ2v) is 5.76. The molecule has 0 spiro atoms. The lowest BCUT2D eigenvalue weighted by molar-refractivity contribution is 0.174. The number of rotatable bonds is 5.